The Morgan fingerprint density at radius 1 is 1.12 bits per heavy atom. The molecule has 0 fully saturated rings. The van der Waals surface area contributed by atoms with Crippen molar-refractivity contribution in [2.45, 2.75) is 37.8 Å². The van der Waals surface area contributed by atoms with Gasteiger partial charge in [-0.15, -0.1) is 0 Å². The number of fused-ring (bicyclic) bond motifs is 1. The van der Waals surface area contributed by atoms with E-state index in [1.54, 1.807) is 44.2 Å². The minimum Gasteiger partial charge on any atom is -0.497 e. The summed E-state index contributed by atoms with van der Waals surface area (Å²) in [5.41, 5.74) is 0.727. The molecule has 9 nitrogen and oxygen atoms in total. The molecular formula is C23H27N3O6S. The van der Waals surface area contributed by atoms with E-state index in [4.69, 9.17) is 4.74 Å². The van der Waals surface area contributed by atoms with Crippen LogP contribution in [0, 0.1) is 0 Å². The Bertz CT molecular complexity index is 1160. The summed E-state index contributed by atoms with van der Waals surface area (Å²) in [6.45, 7) is 3.26. The van der Waals surface area contributed by atoms with Crippen LogP contribution >= 0.6 is 0 Å². The summed E-state index contributed by atoms with van der Waals surface area (Å²) in [6.07, 6.45) is 0.308. The zero-order chi connectivity index (χ0) is 24.2. The first-order valence-electron chi connectivity index (χ1n) is 10.6. The average molecular weight is 474 g/mol. The molecule has 3 rings (SSSR count). The van der Waals surface area contributed by atoms with E-state index in [-0.39, 0.29) is 22.9 Å². The van der Waals surface area contributed by atoms with Gasteiger partial charge >= 0.3 is 0 Å². The summed E-state index contributed by atoms with van der Waals surface area (Å²) in [6, 6.07) is 12.0. The number of carbonyl (C=O) groups excluding carboxylic acids is 3. The van der Waals surface area contributed by atoms with Crippen molar-refractivity contribution in [2.24, 2.45) is 0 Å². The Balaban J connectivity index is 1.93. The van der Waals surface area contributed by atoms with Crippen LogP contribution in [0.5, 0.6) is 5.75 Å². The molecule has 176 valence electrons. The van der Waals surface area contributed by atoms with E-state index < -0.39 is 34.4 Å². The first-order valence-corrected chi connectivity index (χ1v) is 12.0. The Kier molecular flexibility index (Phi) is 7.37. The van der Waals surface area contributed by atoms with Crippen LogP contribution in [-0.2, 0) is 26.2 Å². The molecule has 0 saturated carbocycles. The highest BCUT2D eigenvalue weighted by molar-refractivity contribution is 7.90. The fourth-order valence-corrected chi connectivity index (χ4v) is 5.30. The highest BCUT2D eigenvalue weighted by Crippen LogP contribution is 2.30. The summed E-state index contributed by atoms with van der Waals surface area (Å²) >= 11 is 0. The maximum absolute atomic E-state index is 13.4. The number of methoxy groups -OCH3 is 1. The van der Waals surface area contributed by atoms with Crippen molar-refractivity contribution in [1.82, 2.24) is 14.5 Å². The Morgan fingerprint density at radius 3 is 2.48 bits per heavy atom. The standard InChI is InChI=1S/C23H27N3O6S/c1-4-19(22(28)24-5-2)25(14-16-9-8-10-17(13-16)32-3)21(27)15-26-23(29)18-11-6-7-12-20(18)33(26,30)31/h6-13,19H,4-5,14-15H2,1-3H3,(H,24,28). The second-order valence-electron chi connectivity index (χ2n) is 7.50. The molecule has 1 aliphatic rings. The van der Waals surface area contributed by atoms with E-state index >= 15 is 0 Å². The van der Waals surface area contributed by atoms with Crippen molar-refractivity contribution in [3.05, 3.63) is 59.7 Å². The quantitative estimate of drug-likeness (QED) is 0.594. The minimum atomic E-state index is -4.15. The third kappa shape index (κ3) is 4.85. The maximum Gasteiger partial charge on any atom is 0.269 e. The number of likely N-dealkylation sites (N-methyl/N-ethyl adjacent to an activating group) is 1. The van der Waals surface area contributed by atoms with Crippen LogP contribution in [0.15, 0.2) is 53.4 Å². The maximum atomic E-state index is 13.4. The van der Waals surface area contributed by atoms with Gasteiger partial charge in [0.15, 0.2) is 0 Å². The molecule has 0 aromatic heterocycles. The van der Waals surface area contributed by atoms with Crippen molar-refractivity contribution in [3.63, 3.8) is 0 Å². The van der Waals surface area contributed by atoms with E-state index in [1.807, 2.05) is 0 Å². The van der Waals surface area contributed by atoms with Gasteiger partial charge in [0.05, 0.1) is 12.7 Å². The molecule has 3 amide bonds. The summed E-state index contributed by atoms with van der Waals surface area (Å²) in [5, 5.41) is 2.72. The molecule has 0 spiro atoms. The Labute approximate surface area is 193 Å². The van der Waals surface area contributed by atoms with E-state index in [9.17, 15) is 22.8 Å². The van der Waals surface area contributed by atoms with Crippen molar-refractivity contribution in [1.29, 1.82) is 0 Å². The molecule has 1 atom stereocenters. The van der Waals surface area contributed by atoms with Gasteiger partial charge in [-0.2, -0.15) is 0 Å². The Hall–Kier alpha value is -3.40. The molecule has 1 aliphatic heterocycles. The number of benzene rings is 2. The first-order chi connectivity index (χ1) is 15.7. The van der Waals surface area contributed by atoms with Crippen LogP contribution in [0.4, 0.5) is 0 Å². The SMILES string of the molecule is CCNC(=O)C(CC)N(Cc1cccc(OC)c1)C(=O)CN1C(=O)c2ccccc2S1(=O)=O. The van der Waals surface area contributed by atoms with Gasteiger partial charge in [-0.3, -0.25) is 14.4 Å². The number of hydrogen-bond donors (Lipinski definition) is 1. The normalized spacial score (nSPS) is 15.0. The summed E-state index contributed by atoms with van der Waals surface area (Å²) < 4.78 is 31.6. The van der Waals surface area contributed by atoms with Gasteiger partial charge in [0.1, 0.15) is 23.2 Å². The van der Waals surface area contributed by atoms with Crippen LogP contribution < -0.4 is 10.1 Å². The number of ether oxygens (including phenoxy) is 1. The smallest absolute Gasteiger partial charge is 0.269 e. The second-order valence-corrected chi connectivity index (χ2v) is 9.34. The van der Waals surface area contributed by atoms with Crippen LogP contribution in [-0.4, -0.2) is 61.6 Å². The molecular weight excluding hydrogens is 446 g/mol. The summed E-state index contributed by atoms with van der Waals surface area (Å²) in [4.78, 5) is 40.1. The van der Waals surface area contributed by atoms with E-state index in [0.29, 0.717) is 28.6 Å². The largest absolute Gasteiger partial charge is 0.497 e. The number of nitrogens with one attached hydrogen (secondary N) is 1. The van der Waals surface area contributed by atoms with Crippen LogP contribution in [0.25, 0.3) is 0 Å². The predicted octanol–water partition coefficient (Wildman–Crippen LogP) is 1.78. The molecule has 2 aromatic rings. The number of nitrogens with zero attached hydrogens (tertiary/aromatic N) is 2. The molecule has 1 N–H and O–H groups in total. The average Bonchev–Trinajstić information content (AvgIpc) is 3.00. The van der Waals surface area contributed by atoms with Gasteiger partial charge < -0.3 is 15.0 Å². The summed E-state index contributed by atoms with van der Waals surface area (Å²) in [5.74, 6) is -1.18. The van der Waals surface area contributed by atoms with Crippen molar-refractivity contribution in [2.75, 3.05) is 20.2 Å². The van der Waals surface area contributed by atoms with E-state index in [0.717, 1.165) is 0 Å². The fraction of sp³-hybridized carbons (Fsp3) is 0.348. The molecule has 0 saturated heterocycles. The number of sulfonamides is 1. The zero-order valence-electron chi connectivity index (χ0n) is 18.8. The van der Waals surface area contributed by atoms with Crippen molar-refractivity contribution < 1.29 is 27.5 Å². The van der Waals surface area contributed by atoms with Crippen LogP contribution in [0.1, 0.15) is 36.2 Å². The molecule has 0 aliphatic carbocycles. The van der Waals surface area contributed by atoms with E-state index in [2.05, 4.69) is 5.32 Å². The third-order valence-corrected chi connectivity index (χ3v) is 7.20. The lowest BCUT2D eigenvalue weighted by atomic mass is 10.1. The van der Waals surface area contributed by atoms with Crippen LogP contribution in [0.3, 0.4) is 0 Å². The number of rotatable bonds is 9. The zero-order valence-corrected chi connectivity index (χ0v) is 19.6. The lowest BCUT2D eigenvalue weighted by Gasteiger charge is -2.31. The van der Waals surface area contributed by atoms with Gasteiger partial charge in [0.2, 0.25) is 11.8 Å². The number of hydrogen-bond acceptors (Lipinski definition) is 6. The topological polar surface area (TPSA) is 113 Å². The highest BCUT2D eigenvalue weighted by Gasteiger charge is 2.43. The number of carbonyl (C=O) groups is 3. The van der Waals surface area contributed by atoms with Gasteiger partial charge in [-0.05, 0) is 43.2 Å². The van der Waals surface area contributed by atoms with Gasteiger partial charge in [-0.25, -0.2) is 12.7 Å². The molecule has 33 heavy (non-hydrogen) atoms. The van der Waals surface area contributed by atoms with Crippen LogP contribution in [0.2, 0.25) is 0 Å². The third-order valence-electron chi connectivity index (χ3n) is 5.41. The molecule has 0 bridgehead atoms. The monoisotopic (exact) mass is 473 g/mol. The Morgan fingerprint density at radius 2 is 1.85 bits per heavy atom. The van der Waals surface area contributed by atoms with Gasteiger partial charge in [-0.1, -0.05) is 31.2 Å². The fourth-order valence-electron chi connectivity index (χ4n) is 3.78. The summed E-state index contributed by atoms with van der Waals surface area (Å²) in [7, 11) is -2.63. The number of amides is 3. The van der Waals surface area contributed by atoms with Gasteiger partial charge in [0.25, 0.3) is 15.9 Å². The molecule has 10 heteroatoms. The minimum absolute atomic E-state index is 0.0282. The molecule has 1 heterocycles. The predicted molar refractivity (Wildman–Crippen MR) is 121 cm³/mol. The van der Waals surface area contributed by atoms with Crippen molar-refractivity contribution >= 4 is 27.7 Å². The molecule has 1 unspecified atom stereocenters. The molecule has 0 radical (unpaired) electrons. The lowest BCUT2D eigenvalue weighted by Crippen LogP contribution is -2.52. The molecule has 2 aromatic carbocycles. The lowest BCUT2D eigenvalue weighted by molar-refractivity contribution is -0.141. The highest BCUT2D eigenvalue weighted by atomic mass is 32.2. The second kappa shape index (κ2) is 10.0. The first kappa shape index (κ1) is 24.2. The van der Waals surface area contributed by atoms with Gasteiger partial charge in [0, 0.05) is 13.1 Å². The van der Waals surface area contributed by atoms with Crippen molar-refractivity contribution in [3.8, 4) is 5.75 Å². The van der Waals surface area contributed by atoms with E-state index in [1.165, 1.54) is 30.2 Å².